The molecule has 1 aromatic carbocycles. The van der Waals surface area contributed by atoms with Crippen molar-refractivity contribution in [2.24, 2.45) is 35.1 Å². The Balaban J connectivity index is 2.39. The van der Waals surface area contributed by atoms with E-state index in [1.807, 2.05) is 30.3 Å². The number of hydrogen-bond donors (Lipinski definition) is 15. The molecule has 83 heavy (non-hydrogen) atoms. The van der Waals surface area contributed by atoms with Crippen molar-refractivity contribution in [3.8, 4) is 0 Å². The minimum atomic E-state index is -1.81. The molecule has 0 aromatic heterocycles. The van der Waals surface area contributed by atoms with Crippen molar-refractivity contribution in [3.63, 3.8) is 0 Å². The summed E-state index contributed by atoms with van der Waals surface area (Å²) >= 11 is 0. The summed E-state index contributed by atoms with van der Waals surface area (Å²) in [6, 6.07) is -6.36. The van der Waals surface area contributed by atoms with Crippen LogP contribution in [0.4, 0.5) is 0 Å². The van der Waals surface area contributed by atoms with Gasteiger partial charge in [0.2, 0.25) is 65.0 Å². The van der Waals surface area contributed by atoms with E-state index in [4.69, 9.17) is 16.2 Å². The molecule has 1 aromatic rings. The van der Waals surface area contributed by atoms with Gasteiger partial charge < -0.3 is 84.9 Å². The van der Waals surface area contributed by atoms with E-state index in [9.17, 15) is 67.7 Å². The number of carbonyl (C=O) groups excluding carboxylic acids is 12. The van der Waals surface area contributed by atoms with E-state index in [1.54, 1.807) is 62.4 Å². The number of aliphatic hydroxyl groups excluding tert-OH is 2. The monoisotopic (exact) mass is 1170 g/mol. The van der Waals surface area contributed by atoms with Crippen LogP contribution in [0.2, 0.25) is 0 Å². The van der Waals surface area contributed by atoms with Crippen molar-refractivity contribution >= 4 is 70.9 Å². The molecule has 1 heterocycles. The summed E-state index contributed by atoms with van der Waals surface area (Å²) in [7, 11) is 1.60. The topological polar surface area (TPSA) is 439 Å². The molecule has 28 heteroatoms. The Kier molecular flexibility index (Phi) is 30.8. The second kappa shape index (κ2) is 35.6. The summed E-state index contributed by atoms with van der Waals surface area (Å²) in [5.74, 6) is -13.2. The van der Waals surface area contributed by atoms with Gasteiger partial charge >= 0.3 is 5.97 Å². The van der Waals surface area contributed by atoms with Gasteiger partial charge in [0.1, 0.15) is 66.5 Å². The first kappa shape index (κ1) is 71.8. The van der Waals surface area contributed by atoms with Crippen LogP contribution in [0.1, 0.15) is 113 Å². The van der Waals surface area contributed by atoms with Crippen LogP contribution in [0.25, 0.3) is 0 Å². The standard InChI is InChI=1S/C55H91N13O15/c1-12-27(5)40(65-47(74)35(58-11)23-33-19-17-16-18-20-33)51(78)62-37(25-69)49(76)60-34(21-22-39(57)71)46(73)64-42(29(7)14-3)53(80)66-41(28(6)13-2)52(79)63-38(26-70)50(77)68-44-32(10)83-55(82)43(30(8)15-4)67-48(75)36(24-56)61-45(72)31(9)59-54(44)81/h16-20,27-32,34-38,40-44,58,69-70H,12-15,21-26,56H2,1-11H3,(H2,57,71)(H,59,81)(H,60,76)(H,61,72)(H,62,78)(H,63,79)(H,64,73)(H,65,74)(H,66,80)(H,67,75)(H,68,77)/t27-,28-,29-,30-,31-,32-,34+,35+,36?,37-,38-,40-,41-,42+,43-,44+/m0/s1. The Morgan fingerprint density at radius 3 is 1.51 bits per heavy atom. The van der Waals surface area contributed by atoms with Gasteiger partial charge in [-0.3, -0.25) is 52.7 Å². The molecule has 1 fully saturated rings. The normalized spacial score (nSPS) is 21.7. The Labute approximate surface area is 485 Å². The number of aliphatic hydroxyl groups is 2. The zero-order valence-corrected chi connectivity index (χ0v) is 49.6. The maximum Gasteiger partial charge on any atom is 0.329 e. The fourth-order valence-electron chi connectivity index (χ4n) is 8.57. The third-order valence-corrected chi connectivity index (χ3v) is 15.0. The van der Waals surface area contributed by atoms with Crippen molar-refractivity contribution < 1.29 is 72.5 Å². The molecule has 0 spiro atoms. The van der Waals surface area contributed by atoms with E-state index < -0.39 is 193 Å². The number of esters is 1. The fraction of sp³-hybridized carbons (Fsp3) is 0.673. The molecule has 466 valence electrons. The zero-order valence-electron chi connectivity index (χ0n) is 49.6. The van der Waals surface area contributed by atoms with E-state index in [2.05, 4.69) is 58.5 Å². The minimum absolute atomic E-state index is 0.259. The van der Waals surface area contributed by atoms with Crippen LogP contribution in [0.3, 0.4) is 0 Å². The highest BCUT2D eigenvalue weighted by atomic mass is 16.5. The number of likely N-dealkylation sites (N-methyl/N-ethyl adjacent to an activating group) is 1. The molecule has 0 bridgehead atoms. The first-order valence-corrected chi connectivity index (χ1v) is 28.3. The molecule has 16 atom stereocenters. The lowest BCUT2D eigenvalue weighted by molar-refractivity contribution is -0.157. The fourth-order valence-corrected chi connectivity index (χ4v) is 8.57. The summed E-state index contributed by atoms with van der Waals surface area (Å²) in [4.78, 5) is 164. The molecule has 1 unspecified atom stereocenters. The lowest BCUT2D eigenvalue weighted by Crippen LogP contribution is -2.63. The second-order valence-corrected chi connectivity index (χ2v) is 21.2. The van der Waals surface area contributed by atoms with E-state index >= 15 is 0 Å². The number of primary amides is 1. The summed E-state index contributed by atoms with van der Waals surface area (Å²) in [5, 5.41) is 48.8. The van der Waals surface area contributed by atoms with Crippen molar-refractivity contribution in [1.29, 1.82) is 0 Å². The van der Waals surface area contributed by atoms with Crippen LogP contribution in [-0.2, 0) is 68.7 Å². The van der Waals surface area contributed by atoms with Crippen molar-refractivity contribution in [1.82, 2.24) is 58.5 Å². The van der Waals surface area contributed by atoms with Crippen LogP contribution >= 0.6 is 0 Å². The van der Waals surface area contributed by atoms with Crippen LogP contribution in [0.15, 0.2) is 30.3 Å². The molecule has 0 saturated carbocycles. The number of nitrogens with one attached hydrogen (secondary N) is 11. The molecular formula is C55H91N13O15. The number of nitrogens with two attached hydrogens (primary N) is 2. The lowest BCUT2D eigenvalue weighted by Gasteiger charge is -2.31. The molecule has 0 radical (unpaired) electrons. The molecule has 17 N–H and O–H groups in total. The Bertz CT molecular complexity index is 2380. The van der Waals surface area contributed by atoms with E-state index in [0.29, 0.717) is 19.3 Å². The second-order valence-electron chi connectivity index (χ2n) is 21.2. The SMILES string of the molecule is CC[C@H](C)[C@H](NC(=O)[C@@H](Cc1ccccc1)NC)C(=O)N[C@@H](CO)C(=O)N[C@H](CCC(N)=O)C(=O)N[C@@H](C(=O)N[C@H](C(=O)N[C@@H](CO)C(=O)N[C@H]1C(=O)N[C@@H](C)C(=O)NC(CN)C(=O)N[C@@H]([C@@H](C)CC)C(=O)O[C@H]1C)[C@@H](C)CC)[C@@H](C)CC. The first-order valence-electron chi connectivity index (χ1n) is 28.3. The number of ether oxygens (including phenoxy) is 1. The molecule has 11 amide bonds. The Hall–Kier alpha value is -7.30. The van der Waals surface area contributed by atoms with Gasteiger partial charge in [-0.25, -0.2) is 4.79 Å². The van der Waals surface area contributed by atoms with Gasteiger partial charge in [0, 0.05) is 13.0 Å². The number of cyclic esters (lactones) is 1. The van der Waals surface area contributed by atoms with Crippen LogP contribution in [0, 0.1) is 23.7 Å². The number of amides is 11. The molecule has 0 aliphatic carbocycles. The van der Waals surface area contributed by atoms with Gasteiger partial charge in [-0.1, -0.05) is 111 Å². The highest BCUT2D eigenvalue weighted by Gasteiger charge is 2.41. The smallest absolute Gasteiger partial charge is 0.329 e. The van der Waals surface area contributed by atoms with Gasteiger partial charge in [0.25, 0.3) is 0 Å². The molecule has 1 aliphatic heterocycles. The van der Waals surface area contributed by atoms with Crippen LogP contribution in [0.5, 0.6) is 0 Å². The summed E-state index contributed by atoms with van der Waals surface area (Å²) in [6.07, 6.45) is -0.702. The lowest BCUT2D eigenvalue weighted by atomic mass is 9.94. The highest BCUT2D eigenvalue weighted by Crippen LogP contribution is 2.17. The van der Waals surface area contributed by atoms with E-state index in [1.165, 1.54) is 13.8 Å². The quantitative estimate of drug-likeness (QED) is 0.0315. The first-order chi connectivity index (χ1) is 39.2. The maximum atomic E-state index is 14.3. The van der Waals surface area contributed by atoms with Crippen molar-refractivity contribution in [3.05, 3.63) is 35.9 Å². The average Bonchev–Trinajstić information content (AvgIpc) is 3.46. The largest absolute Gasteiger partial charge is 0.458 e. The van der Waals surface area contributed by atoms with E-state index in [-0.39, 0.29) is 19.4 Å². The maximum absolute atomic E-state index is 14.3. The molecular weight excluding hydrogens is 1080 g/mol. The van der Waals surface area contributed by atoms with Gasteiger partial charge in [0.05, 0.1) is 19.3 Å². The molecule has 1 saturated heterocycles. The highest BCUT2D eigenvalue weighted by molar-refractivity contribution is 5.99. The Morgan fingerprint density at radius 2 is 1.05 bits per heavy atom. The molecule has 2 rings (SSSR count). The summed E-state index contributed by atoms with van der Waals surface area (Å²) < 4.78 is 5.63. The van der Waals surface area contributed by atoms with Crippen molar-refractivity contribution in [2.45, 2.75) is 187 Å². The number of rotatable bonds is 31. The third-order valence-electron chi connectivity index (χ3n) is 15.0. The molecule has 28 nitrogen and oxygen atoms in total. The predicted octanol–water partition coefficient (Wildman–Crippen LogP) is -3.98. The number of benzene rings is 1. The van der Waals surface area contributed by atoms with Crippen molar-refractivity contribution in [2.75, 3.05) is 26.8 Å². The summed E-state index contributed by atoms with van der Waals surface area (Å²) in [6.45, 7) is 13.7. The van der Waals surface area contributed by atoms with Gasteiger partial charge in [-0.2, -0.15) is 0 Å². The van der Waals surface area contributed by atoms with Crippen LogP contribution in [-0.4, -0.2) is 181 Å². The average molecular weight is 1170 g/mol. The van der Waals surface area contributed by atoms with Gasteiger partial charge in [-0.15, -0.1) is 0 Å². The van der Waals surface area contributed by atoms with E-state index in [0.717, 1.165) is 5.56 Å². The number of hydrogen-bond acceptors (Lipinski definition) is 17. The number of carbonyl (C=O) groups is 12. The van der Waals surface area contributed by atoms with Crippen LogP contribution < -0.4 is 70.0 Å². The minimum Gasteiger partial charge on any atom is -0.458 e. The molecule has 1 aliphatic rings. The summed E-state index contributed by atoms with van der Waals surface area (Å²) in [5.41, 5.74) is 12.1. The third kappa shape index (κ3) is 22.1. The van der Waals surface area contributed by atoms with Gasteiger partial charge in [0.15, 0.2) is 0 Å². The Morgan fingerprint density at radius 1 is 0.590 bits per heavy atom. The van der Waals surface area contributed by atoms with Gasteiger partial charge in [-0.05, 0) is 63.0 Å². The zero-order chi connectivity index (χ0) is 62.8. The predicted molar refractivity (Wildman–Crippen MR) is 303 cm³/mol.